The number of hydrogen-bond acceptors (Lipinski definition) is 5. The summed E-state index contributed by atoms with van der Waals surface area (Å²) in [7, 11) is 0. The highest BCUT2D eigenvalue weighted by molar-refractivity contribution is 6.11. The van der Waals surface area contributed by atoms with Crippen molar-refractivity contribution >= 4 is 22.7 Å². The van der Waals surface area contributed by atoms with Gasteiger partial charge in [0.2, 0.25) is 0 Å². The first-order chi connectivity index (χ1) is 16.0. The number of ketones is 1. The van der Waals surface area contributed by atoms with E-state index in [9.17, 15) is 14.9 Å². The molecule has 33 heavy (non-hydrogen) atoms. The van der Waals surface area contributed by atoms with Crippen LogP contribution in [0.15, 0.2) is 42.5 Å². The molecule has 0 bridgehead atoms. The van der Waals surface area contributed by atoms with Crippen LogP contribution in [0.3, 0.4) is 0 Å². The Balaban J connectivity index is 1.79. The third-order valence-corrected chi connectivity index (χ3v) is 6.27. The van der Waals surface area contributed by atoms with Crippen molar-refractivity contribution < 1.29 is 14.3 Å². The molecule has 1 fully saturated rings. The Morgan fingerprint density at radius 3 is 2.45 bits per heavy atom. The molecule has 0 atom stereocenters. The summed E-state index contributed by atoms with van der Waals surface area (Å²) in [5, 5.41) is 10.1. The van der Waals surface area contributed by atoms with Gasteiger partial charge in [-0.1, -0.05) is 18.6 Å². The average Bonchev–Trinajstić information content (AvgIpc) is 3.11. The van der Waals surface area contributed by atoms with E-state index >= 15 is 0 Å². The van der Waals surface area contributed by atoms with Gasteiger partial charge in [0.05, 0.1) is 36.7 Å². The maximum atomic E-state index is 13.5. The zero-order valence-electron chi connectivity index (χ0n) is 19.3. The highest BCUT2D eigenvalue weighted by Crippen LogP contribution is 2.31. The Morgan fingerprint density at radius 2 is 1.79 bits per heavy atom. The number of fused-ring (bicyclic) bond motifs is 1. The Kier molecular flexibility index (Phi) is 6.90. The number of rotatable bonds is 7. The Morgan fingerprint density at radius 1 is 1.06 bits per heavy atom. The van der Waals surface area contributed by atoms with Crippen molar-refractivity contribution in [3.63, 3.8) is 0 Å². The number of benzene rings is 2. The monoisotopic (exact) mass is 443 g/mol. The number of piperidine rings is 1. The van der Waals surface area contributed by atoms with Gasteiger partial charge in [-0.3, -0.25) is 14.5 Å². The van der Waals surface area contributed by atoms with Crippen LogP contribution in [-0.2, 0) is 16.0 Å². The number of nitriles is 1. The minimum Gasteiger partial charge on any atom is -0.466 e. The summed E-state index contributed by atoms with van der Waals surface area (Å²) in [6.07, 6.45) is 3.68. The third-order valence-electron chi connectivity index (χ3n) is 6.27. The molecule has 6 heteroatoms. The Labute approximate surface area is 194 Å². The summed E-state index contributed by atoms with van der Waals surface area (Å²) < 4.78 is 7.16. The van der Waals surface area contributed by atoms with E-state index in [0.717, 1.165) is 59.3 Å². The maximum Gasteiger partial charge on any atom is 0.310 e. The molecular formula is C27H29N3O3. The predicted octanol–water partition coefficient (Wildman–Crippen LogP) is 4.58. The van der Waals surface area contributed by atoms with E-state index in [-0.39, 0.29) is 18.2 Å². The number of esters is 1. The molecule has 0 N–H and O–H groups in total. The molecule has 170 valence electrons. The maximum absolute atomic E-state index is 13.5. The fourth-order valence-electron chi connectivity index (χ4n) is 4.72. The molecule has 2 heterocycles. The molecule has 1 aromatic heterocycles. The lowest BCUT2D eigenvalue weighted by molar-refractivity contribution is -0.142. The first-order valence-electron chi connectivity index (χ1n) is 11.6. The number of aromatic nitrogens is 1. The van der Waals surface area contributed by atoms with Crippen LogP contribution < -0.4 is 0 Å². The van der Waals surface area contributed by atoms with Gasteiger partial charge < -0.3 is 9.30 Å². The Hall–Kier alpha value is -3.43. The first kappa shape index (κ1) is 22.8. The smallest absolute Gasteiger partial charge is 0.310 e. The molecule has 0 amide bonds. The van der Waals surface area contributed by atoms with Crippen LogP contribution >= 0.6 is 0 Å². The van der Waals surface area contributed by atoms with Crippen LogP contribution in [0.2, 0.25) is 0 Å². The van der Waals surface area contributed by atoms with E-state index in [0.29, 0.717) is 18.7 Å². The number of carbonyl (C=O) groups is 2. The van der Waals surface area contributed by atoms with Crippen molar-refractivity contribution in [2.24, 2.45) is 0 Å². The minimum atomic E-state index is -0.272. The Bertz CT molecular complexity index is 1210. The third kappa shape index (κ3) is 4.84. The molecular weight excluding hydrogens is 414 g/mol. The predicted molar refractivity (Wildman–Crippen MR) is 128 cm³/mol. The molecule has 1 aliphatic rings. The summed E-state index contributed by atoms with van der Waals surface area (Å²) in [6, 6.07) is 15.3. The number of ether oxygens (including phenoxy) is 1. The molecule has 4 rings (SSSR count). The van der Waals surface area contributed by atoms with E-state index in [1.54, 1.807) is 19.1 Å². The zero-order valence-corrected chi connectivity index (χ0v) is 19.3. The second-order valence-electron chi connectivity index (χ2n) is 8.55. The number of carbonyl (C=O) groups excluding carboxylic acids is 2. The van der Waals surface area contributed by atoms with Crippen molar-refractivity contribution in [3.05, 3.63) is 64.8 Å². The van der Waals surface area contributed by atoms with Gasteiger partial charge in [-0.2, -0.15) is 5.26 Å². The molecule has 2 aromatic carbocycles. The summed E-state index contributed by atoms with van der Waals surface area (Å²) in [5.74, 6) is -0.156. The van der Waals surface area contributed by atoms with E-state index in [1.807, 2.05) is 37.3 Å². The summed E-state index contributed by atoms with van der Waals surface area (Å²) in [6.45, 7) is 6.44. The normalized spacial score (nSPS) is 14.2. The molecule has 1 saturated heterocycles. The lowest BCUT2D eigenvalue weighted by Gasteiger charge is -2.25. The second-order valence-corrected chi connectivity index (χ2v) is 8.55. The van der Waals surface area contributed by atoms with Crippen molar-refractivity contribution in [2.75, 3.05) is 26.2 Å². The van der Waals surface area contributed by atoms with Gasteiger partial charge in [0, 0.05) is 22.3 Å². The number of hydrogen-bond donors (Lipinski definition) is 0. The molecule has 0 aliphatic carbocycles. The van der Waals surface area contributed by atoms with Crippen molar-refractivity contribution in [2.45, 2.75) is 39.5 Å². The zero-order chi connectivity index (χ0) is 23.4. The molecule has 3 aromatic rings. The van der Waals surface area contributed by atoms with E-state index in [1.165, 1.54) is 6.42 Å². The van der Waals surface area contributed by atoms with Gasteiger partial charge in [0.25, 0.3) is 0 Å². The van der Waals surface area contributed by atoms with Gasteiger partial charge in [0.1, 0.15) is 0 Å². The molecule has 0 radical (unpaired) electrons. The van der Waals surface area contributed by atoms with E-state index in [4.69, 9.17) is 4.74 Å². The van der Waals surface area contributed by atoms with Crippen LogP contribution in [-0.4, -0.2) is 47.5 Å². The van der Waals surface area contributed by atoms with Gasteiger partial charge in [-0.25, -0.2) is 0 Å². The lowest BCUT2D eigenvalue weighted by Crippen LogP contribution is -2.34. The molecule has 6 nitrogen and oxygen atoms in total. The molecule has 0 saturated carbocycles. The highest BCUT2D eigenvalue weighted by atomic mass is 16.5. The fourth-order valence-corrected chi connectivity index (χ4v) is 4.72. The van der Waals surface area contributed by atoms with E-state index in [2.05, 4.69) is 15.5 Å². The lowest BCUT2D eigenvalue weighted by atomic mass is 10.0. The average molecular weight is 444 g/mol. The second kappa shape index (κ2) is 10.0. The van der Waals surface area contributed by atoms with Gasteiger partial charge in [-0.15, -0.1) is 0 Å². The first-order valence-corrected chi connectivity index (χ1v) is 11.6. The number of likely N-dealkylation sites (tertiary alicyclic amines) is 1. The highest BCUT2D eigenvalue weighted by Gasteiger charge is 2.24. The SMILES string of the molecule is CCOC(=O)Cc1ccc2c(C(=O)CN3CCCCC3)c(C)n(-c3ccc(C#N)cc3)c2c1. The number of Topliss-reactive ketones (excluding diaryl/α,β-unsaturated/α-hetero) is 1. The van der Waals surface area contributed by atoms with Gasteiger partial charge in [-0.05, 0) is 75.7 Å². The molecule has 0 unspecified atom stereocenters. The molecule has 0 spiro atoms. The van der Waals surface area contributed by atoms with Gasteiger partial charge in [0.15, 0.2) is 5.78 Å². The fraction of sp³-hybridized carbons (Fsp3) is 0.370. The molecule has 1 aliphatic heterocycles. The van der Waals surface area contributed by atoms with Crippen LogP contribution in [0.5, 0.6) is 0 Å². The summed E-state index contributed by atoms with van der Waals surface area (Å²) >= 11 is 0. The standard InChI is InChI=1S/C27H29N3O3/c1-3-33-26(32)16-21-9-12-23-24(15-21)30(22-10-7-20(17-28)8-11-22)19(2)27(23)25(31)18-29-13-5-4-6-14-29/h7-12,15H,3-6,13-14,16,18H2,1-2H3. The van der Waals surface area contributed by atoms with Crippen molar-refractivity contribution in [3.8, 4) is 11.8 Å². The topological polar surface area (TPSA) is 75.3 Å². The van der Waals surface area contributed by atoms with Crippen LogP contribution in [0.25, 0.3) is 16.6 Å². The summed E-state index contributed by atoms with van der Waals surface area (Å²) in [5.41, 5.74) is 4.76. The minimum absolute atomic E-state index is 0.116. The van der Waals surface area contributed by atoms with Gasteiger partial charge >= 0.3 is 5.97 Å². The van der Waals surface area contributed by atoms with Crippen molar-refractivity contribution in [1.82, 2.24) is 9.47 Å². The van der Waals surface area contributed by atoms with Crippen LogP contribution in [0.4, 0.5) is 0 Å². The largest absolute Gasteiger partial charge is 0.466 e. The van der Waals surface area contributed by atoms with Crippen LogP contribution in [0.1, 0.15) is 53.4 Å². The van der Waals surface area contributed by atoms with Crippen LogP contribution in [0, 0.1) is 18.3 Å². The van der Waals surface area contributed by atoms with E-state index < -0.39 is 0 Å². The quantitative estimate of drug-likeness (QED) is 0.395. The summed E-state index contributed by atoms with van der Waals surface area (Å²) in [4.78, 5) is 27.8. The number of nitrogens with zero attached hydrogens (tertiary/aromatic N) is 3. The van der Waals surface area contributed by atoms with Crippen molar-refractivity contribution in [1.29, 1.82) is 5.26 Å².